The molecule has 9 fully saturated rings. The Hall–Kier alpha value is -0.760. The molecule has 9 rings (SSSR count). The highest BCUT2D eigenvalue weighted by atomic mass is 16.7. The Morgan fingerprint density at radius 1 is 0.591 bits per heavy atom. The summed E-state index contributed by atoms with van der Waals surface area (Å²) in [5.41, 5.74) is -4.32. The second-order valence-corrected chi connectivity index (χ2v) is 23.9. The average molecular weight is 947 g/mol. The molecule has 0 aromatic rings. The molecule has 9 aliphatic rings. The van der Waals surface area contributed by atoms with Crippen LogP contribution in [0.5, 0.6) is 0 Å². The van der Waals surface area contributed by atoms with Gasteiger partial charge in [-0.3, -0.25) is 0 Å². The van der Waals surface area contributed by atoms with Crippen molar-refractivity contribution in [3.63, 3.8) is 0 Å². The quantitative estimate of drug-likeness (QED) is 0.112. The van der Waals surface area contributed by atoms with E-state index in [9.17, 15) is 61.3 Å². The molecule has 2 spiro atoms. The van der Waals surface area contributed by atoms with Gasteiger partial charge in [0.1, 0.15) is 67.1 Å². The molecule has 19 nitrogen and oxygen atoms in total. The van der Waals surface area contributed by atoms with Crippen LogP contribution in [0.2, 0.25) is 0 Å². The lowest BCUT2D eigenvalue weighted by molar-refractivity contribution is -0.339. The smallest absolute Gasteiger partial charge is 0.186 e. The van der Waals surface area contributed by atoms with E-state index < -0.39 is 151 Å². The molecule has 5 aliphatic carbocycles. The van der Waals surface area contributed by atoms with Gasteiger partial charge in [-0.1, -0.05) is 27.7 Å². The summed E-state index contributed by atoms with van der Waals surface area (Å²) in [6.45, 7) is 12.8. The first-order chi connectivity index (χ1) is 30.7. The molecule has 19 heteroatoms. The van der Waals surface area contributed by atoms with Gasteiger partial charge in [0.2, 0.25) is 0 Å². The molecule has 66 heavy (non-hydrogen) atoms. The first-order valence-electron chi connectivity index (χ1n) is 24.4. The molecular weight excluding hydrogens is 868 g/mol. The average Bonchev–Trinajstić information content (AvgIpc) is 3.60. The molecule has 4 heterocycles. The van der Waals surface area contributed by atoms with Crippen molar-refractivity contribution in [3.8, 4) is 0 Å². The third-order valence-corrected chi connectivity index (χ3v) is 19.8. The van der Waals surface area contributed by atoms with E-state index in [0.29, 0.717) is 38.5 Å². The summed E-state index contributed by atoms with van der Waals surface area (Å²) < 4.78 is 45.2. The SMILES string of the molecule is CC(C)(O)C1CCC(C)(C2C(OC3OC(CO)C(O)C(O)C3O)CC3(C)C4CC(OC5OC(CO)C(O)C(O)C5O)C5C(C)(C)C(OC6OCC(O)C(O)C6O)CCC56CC46CCC23C)O1. The van der Waals surface area contributed by atoms with Crippen LogP contribution in [0.15, 0.2) is 0 Å². The van der Waals surface area contributed by atoms with E-state index in [2.05, 4.69) is 34.6 Å². The molecule has 0 aromatic carbocycles. The maximum absolute atomic E-state index is 11.4. The fraction of sp³-hybridized carbons (Fsp3) is 1.00. The zero-order chi connectivity index (χ0) is 48.1. The van der Waals surface area contributed by atoms with E-state index in [0.717, 1.165) is 19.3 Å². The Labute approximate surface area is 386 Å². The van der Waals surface area contributed by atoms with Crippen molar-refractivity contribution in [1.29, 1.82) is 0 Å². The summed E-state index contributed by atoms with van der Waals surface area (Å²) in [4.78, 5) is 0. The molecule has 0 aromatic heterocycles. The maximum atomic E-state index is 11.4. The van der Waals surface area contributed by atoms with Crippen molar-refractivity contribution in [2.24, 2.45) is 44.8 Å². The third kappa shape index (κ3) is 7.30. The lowest BCUT2D eigenvalue weighted by atomic mass is 9.41. The van der Waals surface area contributed by atoms with E-state index in [1.807, 2.05) is 0 Å². The lowest BCUT2D eigenvalue weighted by Gasteiger charge is -2.65. The summed E-state index contributed by atoms with van der Waals surface area (Å²) in [5, 5.41) is 129. The highest BCUT2D eigenvalue weighted by molar-refractivity contribution is 5.33. The number of rotatable bonds is 10. The Morgan fingerprint density at radius 2 is 1.17 bits per heavy atom. The number of aliphatic hydroxyl groups is 12. The number of hydrogen-bond donors (Lipinski definition) is 12. The summed E-state index contributed by atoms with van der Waals surface area (Å²) in [6, 6.07) is 0. The van der Waals surface area contributed by atoms with Crippen LogP contribution in [0, 0.1) is 44.8 Å². The largest absolute Gasteiger partial charge is 0.394 e. The van der Waals surface area contributed by atoms with E-state index in [1.165, 1.54) is 0 Å². The highest BCUT2D eigenvalue weighted by Gasteiger charge is 2.85. The van der Waals surface area contributed by atoms with Crippen LogP contribution in [-0.4, -0.2) is 203 Å². The molecular formula is C47H78O19. The van der Waals surface area contributed by atoms with Crippen molar-refractivity contribution in [2.45, 2.75) is 228 Å². The second-order valence-electron chi connectivity index (χ2n) is 23.9. The van der Waals surface area contributed by atoms with Gasteiger partial charge in [-0.05, 0) is 117 Å². The van der Waals surface area contributed by atoms with Gasteiger partial charge < -0.3 is 94.4 Å². The minimum atomic E-state index is -1.67. The van der Waals surface area contributed by atoms with Gasteiger partial charge in [0.25, 0.3) is 0 Å². The predicted molar refractivity (Wildman–Crippen MR) is 226 cm³/mol. The first-order valence-corrected chi connectivity index (χ1v) is 24.4. The Kier molecular flexibility index (Phi) is 12.9. The van der Waals surface area contributed by atoms with Crippen molar-refractivity contribution < 1.29 is 94.4 Å². The summed E-state index contributed by atoms with van der Waals surface area (Å²) in [5.74, 6) is -0.678. The number of hydrogen-bond acceptors (Lipinski definition) is 19. The molecule has 0 bridgehead atoms. The molecule has 4 saturated heterocycles. The molecule has 380 valence electrons. The minimum Gasteiger partial charge on any atom is -0.394 e. The molecule has 12 N–H and O–H groups in total. The van der Waals surface area contributed by atoms with Gasteiger partial charge in [0.05, 0.1) is 55.4 Å². The second kappa shape index (κ2) is 16.9. The van der Waals surface area contributed by atoms with Crippen molar-refractivity contribution in [3.05, 3.63) is 0 Å². The van der Waals surface area contributed by atoms with E-state index in [-0.39, 0.29) is 35.2 Å². The fourth-order valence-corrected chi connectivity index (χ4v) is 16.3. The normalized spacial score (nSPS) is 58.0. The third-order valence-electron chi connectivity index (χ3n) is 19.8. The monoisotopic (exact) mass is 947 g/mol. The standard InChI is InChI=1S/C47H78O19/c1-41(2)26(65-38-33(56)28(51)20(50)18-60-38)9-11-47-19-46(47)13-12-43(5)37(45(7)10-8-27(66-45)42(3,4)59)22(62-40-35(58)32(55)30(53)24(17-49)64-40)15-44(43,6)25(46)14-21(36(41)47)61-39-34(57)31(54)29(52)23(16-48)63-39/h20-40,48-59H,8-19H2,1-7H3. The zero-order valence-corrected chi connectivity index (χ0v) is 39.3. The summed E-state index contributed by atoms with van der Waals surface area (Å²) in [6.07, 6.45) is -17.0. The van der Waals surface area contributed by atoms with E-state index in [4.69, 9.17) is 33.2 Å². The lowest BCUT2D eigenvalue weighted by Crippen LogP contribution is -2.65. The van der Waals surface area contributed by atoms with Crippen LogP contribution in [-0.2, 0) is 33.2 Å². The van der Waals surface area contributed by atoms with Gasteiger partial charge >= 0.3 is 0 Å². The fourth-order valence-electron chi connectivity index (χ4n) is 16.3. The van der Waals surface area contributed by atoms with Gasteiger partial charge in [-0.15, -0.1) is 0 Å². The molecule has 26 unspecified atom stereocenters. The van der Waals surface area contributed by atoms with E-state index >= 15 is 0 Å². The minimum absolute atomic E-state index is 0.0655. The van der Waals surface area contributed by atoms with Gasteiger partial charge in [0.15, 0.2) is 18.9 Å². The summed E-state index contributed by atoms with van der Waals surface area (Å²) >= 11 is 0. The van der Waals surface area contributed by atoms with Crippen molar-refractivity contribution in [1.82, 2.24) is 0 Å². The molecule has 26 atom stereocenters. The van der Waals surface area contributed by atoms with Crippen molar-refractivity contribution in [2.75, 3.05) is 19.8 Å². The van der Waals surface area contributed by atoms with Crippen LogP contribution < -0.4 is 0 Å². The first kappa shape index (κ1) is 50.2. The zero-order valence-electron chi connectivity index (χ0n) is 39.3. The molecule has 0 amide bonds. The van der Waals surface area contributed by atoms with Gasteiger partial charge in [-0.25, -0.2) is 0 Å². The number of fused-ring (bicyclic) bond motifs is 2. The molecule has 5 saturated carbocycles. The van der Waals surface area contributed by atoms with Crippen LogP contribution >= 0.6 is 0 Å². The van der Waals surface area contributed by atoms with Crippen LogP contribution in [0.25, 0.3) is 0 Å². The maximum Gasteiger partial charge on any atom is 0.186 e. The van der Waals surface area contributed by atoms with Crippen LogP contribution in [0.3, 0.4) is 0 Å². The Morgan fingerprint density at radius 3 is 1.73 bits per heavy atom. The Balaban J connectivity index is 1.10. The molecule has 0 radical (unpaired) electrons. The van der Waals surface area contributed by atoms with Gasteiger partial charge in [-0.2, -0.15) is 0 Å². The highest BCUT2D eigenvalue weighted by Crippen LogP contribution is 2.89. The molecule has 4 aliphatic heterocycles. The number of aliphatic hydroxyl groups excluding tert-OH is 11. The summed E-state index contributed by atoms with van der Waals surface area (Å²) in [7, 11) is 0. The predicted octanol–water partition coefficient (Wildman–Crippen LogP) is -1.45. The van der Waals surface area contributed by atoms with Crippen LogP contribution in [0.4, 0.5) is 0 Å². The number of ether oxygens (including phenoxy) is 7. The van der Waals surface area contributed by atoms with Crippen LogP contribution in [0.1, 0.15) is 106 Å². The van der Waals surface area contributed by atoms with Crippen molar-refractivity contribution >= 4 is 0 Å². The topological polar surface area (TPSA) is 307 Å². The Bertz CT molecular complexity index is 1760. The van der Waals surface area contributed by atoms with Gasteiger partial charge in [0, 0.05) is 5.92 Å². The van der Waals surface area contributed by atoms with E-state index in [1.54, 1.807) is 13.8 Å².